The molecule has 0 atom stereocenters. The molecule has 0 spiro atoms. The van der Waals surface area contributed by atoms with E-state index in [9.17, 15) is 4.79 Å². The zero-order chi connectivity index (χ0) is 11.3. The third-order valence-corrected chi connectivity index (χ3v) is 3.30. The fourth-order valence-corrected chi connectivity index (χ4v) is 2.13. The Labute approximate surface area is 117 Å². The fraction of sp³-hybridized carbons (Fsp3) is 0.909. The second kappa shape index (κ2) is 9.95. The number of nitrogens with two attached hydrogens (primary N) is 1. The molecule has 2 N–H and O–H groups in total. The Hall–Kier alpha value is -0.0300. The molecule has 1 aliphatic rings. The maximum absolute atomic E-state index is 11.6. The first-order valence-corrected chi connectivity index (χ1v) is 5.87. The van der Waals surface area contributed by atoms with Crippen molar-refractivity contribution in [2.75, 3.05) is 33.2 Å². The first-order valence-electron chi connectivity index (χ1n) is 5.87. The molecule has 1 aliphatic heterocycles. The van der Waals surface area contributed by atoms with Crippen LogP contribution in [0.3, 0.4) is 0 Å². The molecule has 6 heteroatoms. The summed E-state index contributed by atoms with van der Waals surface area (Å²) in [4.78, 5) is 15.9. The maximum Gasteiger partial charge on any atom is 0.223 e. The molecule has 0 saturated carbocycles. The van der Waals surface area contributed by atoms with Crippen molar-refractivity contribution in [3.63, 3.8) is 0 Å². The van der Waals surface area contributed by atoms with Crippen LogP contribution < -0.4 is 5.73 Å². The van der Waals surface area contributed by atoms with E-state index in [4.69, 9.17) is 5.73 Å². The summed E-state index contributed by atoms with van der Waals surface area (Å²) in [5.41, 5.74) is 5.38. The third kappa shape index (κ3) is 5.91. The molecule has 0 aromatic heterocycles. The molecule has 0 radical (unpaired) electrons. The minimum absolute atomic E-state index is 0. The molecule has 1 heterocycles. The van der Waals surface area contributed by atoms with Gasteiger partial charge in [0.25, 0.3) is 0 Å². The lowest BCUT2D eigenvalue weighted by Gasteiger charge is -2.36. The summed E-state index contributed by atoms with van der Waals surface area (Å²) in [7, 11) is 1.91. The highest BCUT2D eigenvalue weighted by atomic mass is 35.5. The quantitative estimate of drug-likeness (QED) is 0.842. The average molecular weight is 286 g/mol. The Morgan fingerprint density at radius 2 is 1.88 bits per heavy atom. The zero-order valence-electron chi connectivity index (χ0n) is 10.7. The average Bonchev–Trinajstić information content (AvgIpc) is 2.28. The van der Waals surface area contributed by atoms with Crippen LogP contribution in [0, 0.1) is 0 Å². The molecule has 0 unspecified atom stereocenters. The van der Waals surface area contributed by atoms with Gasteiger partial charge in [-0.25, -0.2) is 0 Å². The third-order valence-electron chi connectivity index (χ3n) is 3.30. The van der Waals surface area contributed by atoms with Crippen LogP contribution in [-0.2, 0) is 4.79 Å². The number of hydrogen-bond acceptors (Lipinski definition) is 3. The number of carbonyl (C=O) groups is 1. The number of nitrogens with zero attached hydrogens (tertiary/aromatic N) is 2. The summed E-state index contributed by atoms with van der Waals surface area (Å²) in [6.45, 7) is 5.98. The van der Waals surface area contributed by atoms with Gasteiger partial charge in [-0.3, -0.25) is 4.79 Å². The second-order valence-corrected chi connectivity index (χ2v) is 4.21. The van der Waals surface area contributed by atoms with E-state index in [-0.39, 0.29) is 30.7 Å². The summed E-state index contributed by atoms with van der Waals surface area (Å²) >= 11 is 0. The molecular formula is C11H25Cl2N3O. The molecule has 1 fully saturated rings. The molecule has 0 aromatic rings. The van der Waals surface area contributed by atoms with Gasteiger partial charge in [0.05, 0.1) is 0 Å². The van der Waals surface area contributed by atoms with Crippen molar-refractivity contribution in [2.24, 2.45) is 5.73 Å². The molecule has 0 aliphatic carbocycles. The van der Waals surface area contributed by atoms with E-state index in [1.807, 2.05) is 11.9 Å². The van der Waals surface area contributed by atoms with Crippen molar-refractivity contribution < 1.29 is 4.79 Å². The minimum Gasteiger partial charge on any atom is -0.343 e. The molecule has 0 bridgehead atoms. The van der Waals surface area contributed by atoms with E-state index in [0.717, 1.165) is 32.5 Å². The Kier molecular flexibility index (Phi) is 11.3. The van der Waals surface area contributed by atoms with Crippen LogP contribution >= 0.6 is 24.8 Å². The van der Waals surface area contributed by atoms with E-state index in [1.165, 1.54) is 0 Å². The lowest BCUT2D eigenvalue weighted by Crippen LogP contribution is -2.45. The SMILES string of the molecule is CCN1CCC(N(C)C(=O)CCN)CC1.Cl.Cl. The number of halogens is 2. The van der Waals surface area contributed by atoms with Crippen LogP contribution in [0.25, 0.3) is 0 Å². The van der Waals surface area contributed by atoms with E-state index in [2.05, 4.69) is 11.8 Å². The smallest absolute Gasteiger partial charge is 0.223 e. The van der Waals surface area contributed by atoms with Crippen molar-refractivity contribution in [2.45, 2.75) is 32.2 Å². The van der Waals surface area contributed by atoms with E-state index in [1.54, 1.807) is 0 Å². The summed E-state index contributed by atoms with van der Waals surface area (Å²) < 4.78 is 0. The maximum atomic E-state index is 11.6. The van der Waals surface area contributed by atoms with Gasteiger partial charge in [0.2, 0.25) is 5.91 Å². The number of carbonyl (C=O) groups excluding carboxylic acids is 1. The van der Waals surface area contributed by atoms with Crippen molar-refractivity contribution >= 4 is 30.7 Å². The summed E-state index contributed by atoms with van der Waals surface area (Å²) in [6.07, 6.45) is 2.67. The summed E-state index contributed by atoms with van der Waals surface area (Å²) in [6, 6.07) is 0.423. The largest absolute Gasteiger partial charge is 0.343 e. The fourth-order valence-electron chi connectivity index (χ4n) is 2.13. The molecule has 17 heavy (non-hydrogen) atoms. The van der Waals surface area contributed by atoms with Gasteiger partial charge >= 0.3 is 0 Å². The van der Waals surface area contributed by atoms with Crippen molar-refractivity contribution in [3.05, 3.63) is 0 Å². The van der Waals surface area contributed by atoms with Gasteiger partial charge in [0.15, 0.2) is 0 Å². The predicted octanol–water partition coefficient (Wildman–Crippen LogP) is 1.12. The molecule has 1 rings (SSSR count). The Morgan fingerprint density at radius 3 is 2.29 bits per heavy atom. The normalized spacial score (nSPS) is 16.9. The number of amides is 1. The van der Waals surface area contributed by atoms with Crippen LogP contribution in [-0.4, -0.2) is 55.0 Å². The van der Waals surface area contributed by atoms with Gasteiger partial charge in [0.1, 0.15) is 0 Å². The molecule has 0 aromatic carbocycles. The first-order chi connectivity index (χ1) is 7.19. The molecule has 104 valence electrons. The number of hydrogen-bond donors (Lipinski definition) is 1. The van der Waals surface area contributed by atoms with E-state index >= 15 is 0 Å². The van der Waals surface area contributed by atoms with Gasteiger partial charge in [-0.2, -0.15) is 0 Å². The van der Waals surface area contributed by atoms with Crippen LogP contribution in [0.4, 0.5) is 0 Å². The van der Waals surface area contributed by atoms with Crippen molar-refractivity contribution in [3.8, 4) is 0 Å². The van der Waals surface area contributed by atoms with Gasteiger partial charge in [-0.1, -0.05) is 6.92 Å². The number of piperidine rings is 1. The first kappa shape index (κ1) is 19.3. The predicted molar refractivity (Wildman–Crippen MR) is 76.1 cm³/mol. The summed E-state index contributed by atoms with van der Waals surface area (Å²) in [5, 5.41) is 0. The van der Waals surface area contributed by atoms with E-state index < -0.39 is 0 Å². The zero-order valence-corrected chi connectivity index (χ0v) is 12.4. The topological polar surface area (TPSA) is 49.6 Å². The van der Waals surface area contributed by atoms with Crippen molar-refractivity contribution in [1.82, 2.24) is 9.80 Å². The van der Waals surface area contributed by atoms with E-state index in [0.29, 0.717) is 19.0 Å². The lowest BCUT2D eigenvalue weighted by atomic mass is 10.0. The Morgan fingerprint density at radius 1 is 1.35 bits per heavy atom. The van der Waals surface area contributed by atoms with Gasteiger partial charge in [-0.15, -0.1) is 24.8 Å². The summed E-state index contributed by atoms with van der Waals surface area (Å²) in [5.74, 6) is 0.187. The lowest BCUT2D eigenvalue weighted by molar-refractivity contribution is -0.132. The Balaban J connectivity index is 0. The standard InChI is InChI=1S/C11H23N3O.2ClH/c1-3-14-8-5-10(6-9-14)13(2)11(15)4-7-12;;/h10H,3-9,12H2,1-2H3;2*1H. The van der Waals surface area contributed by atoms with Gasteiger partial charge < -0.3 is 15.5 Å². The molecule has 1 amide bonds. The highest BCUT2D eigenvalue weighted by molar-refractivity contribution is 5.85. The molecular weight excluding hydrogens is 261 g/mol. The van der Waals surface area contributed by atoms with Crippen LogP contribution in [0.1, 0.15) is 26.2 Å². The molecule has 1 saturated heterocycles. The monoisotopic (exact) mass is 285 g/mol. The highest BCUT2D eigenvalue weighted by Crippen LogP contribution is 2.15. The van der Waals surface area contributed by atoms with Gasteiger partial charge in [0, 0.05) is 39.1 Å². The number of rotatable bonds is 4. The Bertz CT molecular complexity index is 209. The van der Waals surface area contributed by atoms with Crippen molar-refractivity contribution in [1.29, 1.82) is 0 Å². The van der Waals surface area contributed by atoms with Crippen LogP contribution in [0.2, 0.25) is 0 Å². The van der Waals surface area contributed by atoms with Crippen LogP contribution in [0.5, 0.6) is 0 Å². The highest BCUT2D eigenvalue weighted by Gasteiger charge is 2.23. The molecule has 4 nitrogen and oxygen atoms in total. The number of likely N-dealkylation sites (tertiary alicyclic amines) is 1. The van der Waals surface area contributed by atoms with Crippen LogP contribution in [0.15, 0.2) is 0 Å². The van der Waals surface area contributed by atoms with Gasteiger partial charge in [-0.05, 0) is 19.4 Å². The minimum atomic E-state index is 0. The second-order valence-electron chi connectivity index (χ2n) is 4.21.